The largest absolute Gasteiger partial charge is 0.309 e. The Morgan fingerprint density at radius 1 is 1.38 bits per heavy atom. The standard InChI is InChI=1S/C11H12BrN3.ClH/c12-8-3-4-11-14-10(7-15(11)6-8)9-2-1-5-13-9;/h3-4,6-7,9,13H,1-2,5H2;1H. The molecule has 0 aliphatic carbocycles. The number of pyridine rings is 1. The van der Waals surface area contributed by atoms with E-state index >= 15 is 0 Å². The first-order valence-electron chi connectivity index (χ1n) is 5.20. The molecule has 0 amide bonds. The van der Waals surface area contributed by atoms with Gasteiger partial charge in [-0.25, -0.2) is 4.98 Å². The summed E-state index contributed by atoms with van der Waals surface area (Å²) in [4.78, 5) is 4.62. The first-order valence-corrected chi connectivity index (χ1v) is 6.00. The lowest BCUT2D eigenvalue weighted by atomic mass is 10.2. The SMILES string of the molecule is Brc1ccc2nc(C3CCCN3)cn2c1.Cl. The van der Waals surface area contributed by atoms with E-state index in [2.05, 4.69) is 36.8 Å². The van der Waals surface area contributed by atoms with E-state index in [4.69, 9.17) is 0 Å². The number of hydrogen-bond donors (Lipinski definition) is 1. The van der Waals surface area contributed by atoms with Crippen LogP contribution in [-0.2, 0) is 0 Å². The lowest BCUT2D eigenvalue weighted by Gasteiger charge is -2.04. The molecule has 16 heavy (non-hydrogen) atoms. The van der Waals surface area contributed by atoms with Crippen LogP contribution >= 0.6 is 28.3 Å². The fourth-order valence-corrected chi connectivity index (χ4v) is 2.44. The number of imidazole rings is 1. The molecule has 2 aromatic heterocycles. The van der Waals surface area contributed by atoms with E-state index in [0.29, 0.717) is 6.04 Å². The Morgan fingerprint density at radius 3 is 3.00 bits per heavy atom. The van der Waals surface area contributed by atoms with Gasteiger partial charge in [0.05, 0.1) is 11.7 Å². The number of halogens is 2. The molecule has 0 aromatic carbocycles. The van der Waals surface area contributed by atoms with Gasteiger partial charge in [0.2, 0.25) is 0 Å². The highest BCUT2D eigenvalue weighted by atomic mass is 79.9. The predicted molar refractivity (Wildman–Crippen MR) is 70.1 cm³/mol. The third-order valence-corrected chi connectivity index (χ3v) is 3.32. The van der Waals surface area contributed by atoms with E-state index in [0.717, 1.165) is 22.4 Å². The van der Waals surface area contributed by atoms with Crippen LogP contribution in [0.4, 0.5) is 0 Å². The summed E-state index contributed by atoms with van der Waals surface area (Å²) in [5.74, 6) is 0. The number of nitrogens with zero attached hydrogens (tertiary/aromatic N) is 2. The van der Waals surface area contributed by atoms with Gasteiger partial charge in [-0.15, -0.1) is 12.4 Å². The fourth-order valence-electron chi connectivity index (χ4n) is 2.09. The summed E-state index contributed by atoms with van der Waals surface area (Å²) in [5, 5.41) is 3.46. The summed E-state index contributed by atoms with van der Waals surface area (Å²) in [6, 6.07) is 4.50. The maximum Gasteiger partial charge on any atom is 0.137 e. The van der Waals surface area contributed by atoms with Gasteiger partial charge in [0.15, 0.2) is 0 Å². The van der Waals surface area contributed by atoms with Crippen LogP contribution in [0.2, 0.25) is 0 Å². The van der Waals surface area contributed by atoms with Gasteiger partial charge in [-0.1, -0.05) is 0 Å². The number of rotatable bonds is 1. The number of aromatic nitrogens is 2. The molecule has 86 valence electrons. The molecule has 2 aromatic rings. The molecule has 1 fully saturated rings. The van der Waals surface area contributed by atoms with Gasteiger partial charge < -0.3 is 9.72 Å². The first-order chi connectivity index (χ1) is 7.33. The average molecular weight is 303 g/mol. The number of fused-ring (bicyclic) bond motifs is 1. The molecule has 0 radical (unpaired) electrons. The quantitative estimate of drug-likeness (QED) is 0.877. The molecule has 3 nitrogen and oxygen atoms in total. The average Bonchev–Trinajstić information content (AvgIpc) is 2.84. The monoisotopic (exact) mass is 301 g/mol. The predicted octanol–water partition coefficient (Wildman–Crippen LogP) is 2.94. The third-order valence-electron chi connectivity index (χ3n) is 2.85. The Hall–Kier alpha value is -0.580. The summed E-state index contributed by atoms with van der Waals surface area (Å²) in [6.07, 6.45) is 6.61. The second-order valence-electron chi connectivity index (χ2n) is 3.93. The zero-order valence-corrected chi connectivity index (χ0v) is 11.1. The van der Waals surface area contributed by atoms with Crippen molar-refractivity contribution in [3.63, 3.8) is 0 Å². The van der Waals surface area contributed by atoms with E-state index in [-0.39, 0.29) is 12.4 Å². The number of nitrogens with one attached hydrogen (secondary N) is 1. The fraction of sp³-hybridized carbons (Fsp3) is 0.364. The van der Waals surface area contributed by atoms with Crippen molar-refractivity contribution < 1.29 is 0 Å². The molecule has 1 aliphatic heterocycles. The van der Waals surface area contributed by atoms with E-state index in [9.17, 15) is 0 Å². The van der Waals surface area contributed by atoms with E-state index in [1.807, 2.05) is 18.3 Å². The Balaban J connectivity index is 0.000000963. The van der Waals surface area contributed by atoms with Gasteiger partial charge in [-0.2, -0.15) is 0 Å². The summed E-state index contributed by atoms with van der Waals surface area (Å²) >= 11 is 3.46. The minimum absolute atomic E-state index is 0. The maximum atomic E-state index is 4.62. The van der Waals surface area contributed by atoms with Crippen molar-refractivity contribution in [3.8, 4) is 0 Å². The smallest absolute Gasteiger partial charge is 0.137 e. The lowest BCUT2D eigenvalue weighted by molar-refractivity contribution is 0.632. The van der Waals surface area contributed by atoms with Gasteiger partial charge in [-0.3, -0.25) is 0 Å². The Bertz CT molecular complexity index is 491. The van der Waals surface area contributed by atoms with Crippen molar-refractivity contribution in [3.05, 3.63) is 34.7 Å². The highest BCUT2D eigenvalue weighted by Crippen LogP contribution is 2.23. The third kappa shape index (κ3) is 2.10. The van der Waals surface area contributed by atoms with Crippen molar-refractivity contribution >= 4 is 34.0 Å². The Kier molecular flexibility index (Phi) is 3.52. The normalized spacial score (nSPS) is 19.9. The molecule has 1 N–H and O–H groups in total. The van der Waals surface area contributed by atoms with Gasteiger partial charge >= 0.3 is 0 Å². The molecular formula is C11H13BrClN3. The van der Waals surface area contributed by atoms with Crippen LogP contribution in [0.15, 0.2) is 29.0 Å². The Labute approximate surface area is 109 Å². The van der Waals surface area contributed by atoms with Crippen molar-refractivity contribution in [2.24, 2.45) is 0 Å². The van der Waals surface area contributed by atoms with Crippen LogP contribution in [-0.4, -0.2) is 15.9 Å². The first kappa shape index (κ1) is 11.9. The molecule has 5 heteroatoms. The zero-order chi connectivity index (χ0) is 10.3. The minimum atomic E-state index is 0. The van der Waals surface area contributed by atoms with Crippen molar-refractivity contribution in [1.29, 1.82) is 0 Å². The summed E-state index contributed by atoms with van der Waals surface area (Å²) < 4.78 is 3.15. The zero-order valence-electron chi connectivity index (χ0n) is 8.69. The molecule has 3 heterocycles. The highest BCUT2D eigenvalue weighted by molar-refractivity contribution is 9.10. The van der Waals surface area contributed by atoms with Gasteiger partial charge in [0.25, 0.3) is 0 Å². The number of hydrogen-bond acceptors (Lipinski definition) is 2. The van der Waals surface area contributed by atoms with Crippen LogP contribution in [0.25, 0.3) is 5.65 Å². The lowest BCUT2D eigenvalue weighted by Crippen LogP contribution is -2.12. The Morgan fingerprint density at radius 2 is 2.25 bits per heavy atom. The van der Waals surface area contributed by atoms with Crippen molar-refractivity contribution in [2.75, 3.05) is 6.54 Å². The van der Waals surface area contributed by atoms with Crippen molar-refractivity contribution in [2.45, 2.75) is 18.9 Å². The van der Waals surface area contributed by atoms with Crippen LogP contribution in [0.3, 0.4) is 0 Å². The molecule has 3 rings (SSSR count). The topological polar surface area (TPSA) is 29.3 Å². The summed E-state index contributed by atoms with van der Waals surface area (Å²) in [6.45, 7) is 1.11. The molecule has 0 bridgehead atoms. The van der Waals surface area contributed by atoms with Crippen LogP contribution < -0.4 is 5.32 Å². The molecule has 0 spiro atoms. The van der Waals surface area contributed by atoms with Gasteiger partial charge in [0.1, 0.15) is 5.65 Å². The second-order valence-corrected chi connectivity index (χ2v) is 4.84. The molecule has 1 atom stereocenters. The minimum Gasteiger partial charge on any atom is -0.309 e. The van der Waals surface area contributed by atoms with Crippen LogP contribution in [0.5, 0.6) is 0 Å². The molecule has 1 aliphatic rings. The highest BCUT2D eigenvalue weighted by Gasteiger charge is 2.18. The molecule has 1 saturated heterocycles. The second kappa shape index (κ2) is 4.73. The van der Waals surface area contributed by atoms with Crippen molar-refractivity contribution in [1.82, 2.24) is 14.7 Å². The van der Waals surface area contributed by atoms with Crippen LogP contribution in [0, 0.1) is 0 Å². The molecule has 0 saturated carbocycles. The van der Waals surface area contributed by atoms with E-state index in [1.54, 1.807) is 0 Å². The van der Waals surface area contributed by atoms with E-state index in [1.165, 1.54) is 12.8 Å². The summed E-state index contributed by atoms with van der Waals surface area (Å²) in [5.41, 5.74) is 2.17. The molecular weight excluding hydrogens is 289 g/mol. The maximum absolute atomic E-state index is 4.62. The summed E-state index contributed by atoms with van der Waals surface area (Å²) in [7, 11) is 0. The van der Waals surface area contributed by atoms with E-state index < -0.39 is 0 Å². The van der Waals surface area contributed by atoms with Gasteiger partial charge in [0, 0.05) is 16.9 Å². The van der Waals surface area contributed by atoms with Crippen LogP contribution in [0.1, 0.15) is 24.6 Å². The molecule has 1 unspecified atom stereocenters. The van der Waals surface area contributed by atoms with Gasteiger partial charge in [-0.05, 0) is 47.4 Å².